The number of para-hydroxylation sites is 1. The van der Waals surface area contributed by atoms with Gasteiger partial charge in [0.05, 0.1) is 0 Å². The first kappa shape index (κ1) is 18.4. The summed E-state index contributed by atoms with van der Waals surface area (Å²) in [6.07, 6.45) is -0.983. The molecule has 3 aromatic rings. The van der Waals surface area contributed by atoms with Gasteiger partial charge in [-0.2, -0.15) is 4.90 Å². The normalized spacial score (nSPS) is 16.2. The molecule has 1 aliphatic heterocycles. The minimum Gasteiger partial charge on any atom is -0.444 e. The van der Waals surface area contributed by atoms with E-state index in [0.717, 1.165) is 5.56 Å². The lowest BCUT2D eigenvalue weighted by Crippen LogP contribution is -2.38. The molecule has 0 aromatic heterocycles. The van der Waals surface area contributed by atoms with Gasteiger partial charge in [-0.15, -0.1) is 0 Å². The molecule has 0 aliphatic carbocycles. The van der Waals surface area contributed by atoms with E-state index in [1.165, 1.54) is 4.90 Å². The topological polar surface area (TPSA) is 66.9 Å². The predicted octanol–water partition coefficient (Wildman–Crippen LogP) is 4.53. The zero-order valence-electron chi connectivity index (χ0n) is 15.5. The first-order valence-corrected chi connectivity index (χ1v) is 9.14. The average Bonchev–Trinajstić information content (AvgIpc) is 3.04. The summed E-state index contributed by atoms with van der Waals surface area (Å²) < 4.78 is 5.24. The Morgan fingerprint density at radius 3 is 1.97 bits per heavy atom. The van der Waals surface area contributed by atoms with Gasteiger partial charge in [0.15, 0.2) is 0 Å². The van der Waals surface area contributed by atoms with E-state index in [0.29, 0.717) is 16.2 Å². The van der Waals surface area contributed by atoms with Crippen LogP contribution in [0.2, 0.25) is 0 Å². The highest BCUT2D eigenvalue weighted by Crippen LogP contribution is 2.35. The van der Waals surface area contributed by atoms with Crippen LogP contribution in [-0.2, 0) is 16.1 Å². The van der Waals surface area contributed by atoms with Gasteiger partial charge in [0.25, 0.3) is 5.91 Å². The highest BCUT2D eigenvalue weighted by Gasteiger charge is 2.50. The summed E-state index contributed by atoms with van der Waals surface area (Å²) in [5, 5.41) is 0. The number of hydrogen-bond acceptors (Lipinski definition) is 4. The van der Waals surface area contributed by atoms with Crippen LogP contribution in [0.4, 0.5) is 15.3 Å². The van der Waals surface area contributed by atoms with E-state index < -0.39 is 24.1 Å². The van der Waals surface area contributed by atoms with Gasteiger partial charge >= 0.3 is 12.1 Å². The van der Waals surface area contributed by atoms with Crippen LogP contribution >= 0.6 is 0 Å². The molecule has 1 fully saturated rings. The van der Waals surface area contributed by atoms with Gasteiger partial charge in [-0.1, -0.05) is 78.9 Å². The summed E-state index contributed by atoms with van der Waals surface area (Å²) in [4.78, 5) is 40.7. The molecule has 29 heavy (non-hydrogen) atoms. The summed E-state index contributed by atoms with van der Waals surface area (Å²) >= 11 is 0. The Morgan fingerprint density at radius 2 is 1.34 bits per heavy atom. The van der Waals surface area contributed by atoms with Crippen LogP contribution in [0.3, 0.4) is 0 Å². The molecule has 1 unspecified atom stereocenters. The SMILES string of the molecule is O=C(OCc1ccccc1)N1C(=O)C(c2ccccc2)N(c2ccccc2)C1=O. The second kappa shape index (κ2) is 7.98. The van der Waals surface area contributed by atoms with Crippen LogP contribution in [-0.4, -0.2) is 22.9 Å². The number of amides is 4. The molecule has 144 valence electrons. The second-order valence-corrected chi connectivity index (χ2v) is 6.52. The van der Waals surface area contributed by atoms with Crippen LogP contribution in [0.1, 0.15) is 17.2 Å². The van der Waals surface area contributed by atoms with E-state index in [-0.39, 0.29) is 6.61 Å². The van der Waals surface area contributed by atoms with E-state index in [1.807, 2.05) is 30.3 Å². The number of benzene rings is 3. The van der Waals surface area contributed by atoms with Gasteiger partial charge in [0, 0.05) is 5.69 Å². The van der Waals surface area contributed by atoms with E-state index in [4.69, 9.17) is 4.74 Å². The maximum Gasteiger partial charge on any atom is 0.425 e. The molecule has 6 heteroatoms. The smallest absolute Gasteiger partial charge is 0.425 e. The van der Waals surface area contributed by atoms with Crippen molar-refractivity contribution in [1.29, 1.82) is 0 Å². The maximum absolute atomic E-state index is 13.1. The Hall–Kier alpha value is -3.93. The van der Waals surface area contributed by atoms with Gasteiger partial charge in [-0.3, -0.25) is 9.69 Å². The van der Waals surface area contributed by atoms with Gasteiger partial charge in [-0.05, 0) is 23.3 Å². The molecule has 3 aromatic carbocycles. The quantitative estimate of drug-likeness (QED) is 0.618. The van der Waals surface area contributed by atoms with Crippen molar-refractivity contribution in [3.05, 3.63) is 102 Å². The number of rotatable bonds is 4. The Morgan fingerprint density at radius 1 is 0.793 bits per heavy atom. The molecule has 0 bridgehead atoms. The number of carbonyl (C=O) groups excluding carboxylic acids is 3. The summed E-state index contributed by atoms with van der Waals surface area (Å²) in [6, 6.07) is 25.1. The van der Waals surface area contributed by atoms with Gasteiger partial charge in [0.1, 0.15) is 12.6 Å². The Bertz CT molecular complexity index is 965. The molecule has 1 heterocycles. The fraction of sp³-hybridized carbons (Fsp3) is 0.0870. The van der Waals surface area contributed by atoms with E-state index in [9.17, 15) is 14.4 Å². The number of hydrogen-bond donors (Lipinski definition) is 0. The van der Waals surface area contributed by atoms with Crippen LogP contribution < -0.4 is 4.90 Å². The van der Waals surface area contributed by atoms with Crippen molar-refractivity contribution in [3.63, 3.8) is 0 Å². The third-order valence-corrected chi connectivity index (χ3v) is 4.65. The van der Waals surface area contributed by atoms with Crippen molar-refractivity contribution in [3.8, 4) is 0 Å². The summed E-state index contributed by atoms with van der Waals surface area (Å²) in [5.41, 5.74) is 1.91. The molecule has 1 aliphatic rings. The van der Waals surface area contributed by atoms with Gasteiger partial charge in [-0.25, -0.2) is 9.59 Å². The molecular formula is C23H18N2O4. The lowest BCUT2D eigenvalue weighted by molar-refractivity contribution is -0.126. The van der Waals surface area contributed by atoms with Crippen molar-refractivity contribution < 1.29 is 19.1 Å². The Balaban J connectivity index is 1.64. The number of imide groups is 3. The van der Waals surface area contributed by atoms with Crippen LogP contribution in [0.5, 0.6) is 0 Å². The number of ether oxygens (including phenoxy) is 1. The summed E-state index contributed by atoms with van der Waals surface area (Å²) in [5.74, 6) is -0.636. The minimum atomic E-state index is -0.983. The van der Waals surface area contributed by atoms with Gasteiger partial charge in [0.2, 0.25) is 0 Å². The van der Waals surface area contributed by atoms with Crippen molar-refractivity contribution >= 4 is 23.7 Å². The zero-order valence-corrected chi connectivity index (χ0v) is 15.5. The predicted molar refractivity (Wildman–Crippen MR) is 107 cm³/mol. The fourth-order valence-corrected chi connectivity index (χ4v) is 3.27. The number of carbonyl (C=O) groups is 3. The number of nitrogens with zero attached hydrogens (tertiary/aromatic N) is 2. The first-order valence-electron chi connectivity index (χ1n) is 9.14. The second-order valence-electron chi connectivity index (χ2n) is 6.52. The van der Waals surface area contributed by atoms with Crippen LogP contribution in [0.25, 0.3) is 0 Å². The van der Waals surface area contributed by atoms with Crippen molar-refractivity contribution in [1.82, 2.24) is 4.90 Å². The molecule has 1 atom stereocenters. The fourth-order valence-electron chi connectivity index (χ4n) is 3.27. The molecule has 0 spiro atoms. The maximum atomic E-state index is 13.1. The number of urea groups is 1. The van der Waals surface area contributed by atoms with E-state index in [1.54, 1.807) is 60.7 Å². The van der Waals surface area contributed by atoms with Crippen LogP contribution in [0.15, 0.2) is 91.0 Å². The molecule has 0 N–H and O–H groups in total. The molecule has 0 saturated carbocycles. The number of anilines is 1. The van der Waals surface area contributed by atoms with Crippen molar-refractivity contribution in [2.45, 2.75) is 12.6 Å². The molecule has 4 amide bonds. The molecular weight excluding hydrogens is 368 g/mol. The molecule has 4 rings (SSSR count). The molecule has 0 radical (unpaired) electrons. The van der Waals surface area contributed by atoms with Crippen molar-refractivity contribution in [2.24, 2.45) is 0 Å². The highest BCUT2D eigenvalue weighted by molar-refractivity contribution is 6.22. The third-order valence-electron chi connectivity index (χ3n) is 4.65. The van der Waals surface area contributed by atoms with E-state index in [2.05, 4.69) is 0 Å². The zero-order chi connectivity index (χ0) is 20.2. The average molecular weight is 386 g/mol. The highest BCUT2D eigenvalue weighted by atomic mass is 16.6. The Kier molecular flexibility index (Phi) is 5.07. The van der Waals surface area contributed by atoms with Gasteiger partial charge < -0.3 is 4.74 Å². The van der Waals surface area contributed by atoms with Crippen molar-refractivity contribution in [2.75, 3.05) is 4.90 Å². The molecule has 6 nitrogen and oxygen atoms in total. The minimum absolute atomic E-state index is 0.0297. The lowest BCUT2D eigenvalue weighted by Gasteiger charge is -2.21. The van der Waals surface area contributed by atoms with E-state index >= 15 is 0 Å². The monoisotopic (exact) mass is 386 g/mol. The summed E-state index contributed by atoms with van der Waals surface area (Å²) in [6.45, 7) is -0.0297. The molecule has 1 saturated heterocycles. The third kappa shape index (κ3) is 3.60. The first-order chi connectivity index (χ1) is 14.2. The Labute approximate surface area is 167 Å². The standard InChI is InChI=1S/C23H18N2O4/c26-21-20(18-12-6-2-7-13-18)24(19-14-8-3-9-15-19)22(27)25(21)23(28)29-16-17-10-4-1-5-11-17/h1-15,20H,16H2. The van der Waals surface area contributed by atoms with Crippen LogP contribution in [0, 0.1) is 0 Å². The lowest BCUT2D eigenvalue weighted by atomic mass is 10.1. The largest absolute Gasteiger partial charge is 0.444 e. The summed E-state index contributed by atoms with van der Waals surface area (Å²) in [7, 11) is 0.